The minimum absolute atomic E-state index is 0.343. The molecule has 2 rings (SSSR count). The predicted molar refractivity (Wildman–Crippen MR) is 88.6 cm³/mol. The highest BCUT2D eigenvalue weighted by Gasteiger charge is 2.23. The first-order valence-electron chi connectivity index (χ1n) is 8.22. The normalized spacial score (nSPS) is 23.7. The van der Waals surface area contributed by atoms with E-state index in [0.29, 0.717) is 18.2 Å². The molecule has 1 aromatic carbocycles. The fraction of sp³-hybridized carbons (Fsp3) is 0.667. The molecule has 2 unspecified atom stereocenters. The Bertz CT molecular complexity index is 433. The van der Waals surface area contributed by atoms with Crippen molar-refractivity contribution in [3.8, 4) is 0 Å². The lowest BCUT2D eigenvalue weighted by atomic mass is 10.0. The fourth-order valence-corrected chi connectivity index (χ4v) is 2.86. The third-order valence-corrected chi connectivity index (χ3v) is 4.18. The van der Waals surface area contributed by atoms with Crippen molar-refractivity contribution in [1.82, 2.24) is 10.2 Å². The molecular weight excluding hydrogens is 260 g/mol. The van der Waals surface area contributed by atoms with Crippen LogP contribution >= 0.6 is 0 Å². The summed E-state index contributed by atoms with van der Waals surface area (Å²) in [5, 5.41) is 3.51. The van der Waals surface area contributed by atoms with Crippen LogP contribution in [0, 0.1) is 0 Å². The second kappa shape index (κ2) is 7.92. The zero-order chi connectivity index (χ0) is 15.2. The van der Waals surface area contributed by atoms with Gasteiger partial charge >= 0.3 is 0 Å². The van der Waals surface area contributed by atoms with Crippen molar-refractivity contribution in [2.75, 3.05) is 19.7 Å². The summed E-state index contributed by atoms with van der Waals surface area (Å²) in [5.74, 6) is 0. The molecule has 3 nitrogen and oxygen atoms in total. The van der Waals surface area contributed by atoms with Gasteiger partial charge in [0, 0.05) is 25.2 Å². The highest BCUT2D eigenvalue weighted by Crippen LogP contribution is 2.18. The van der Waals surface area contributed by atoms with Crippen LogP contribution in [0.5, 0.6) is 0 Å². The molecule has 0 bridgehead atoms. The van der Waals surface area contributed by atoms with Gasteiger partial charge in [0.2, 0.25) is 0 Å². The molecule has 0 aliphatic carbocycles. The Morgan fingerprint density at radius 3 is 2.67 bits per heavy atom. The summed E-state index contributed by atoms with van der Waals surface area (Å²) in [5.41, 5.74) is 2.93. The molecule has 0 amide bonds. The number of morpholine rings is 1. The van der Waals surface area contributed by atoms with Gasteiger partial charge in [0.1, 0.15) is 0 Å². The fourth-order valence-electron chi connectivity index (χ4n) is 2.86. The Kier molecular flexibility index (Phi) is 6.22. The van der Waals surface area contributed by atoms with Crippen LogP contribution in [0.15, 0.2) is 24.3 Å². The Balaban J connectivity index is 1.98. The molecule has 0 saturated carbocycles. The second-order valence-corrected chi connectivity index (χ2v) is 6.55. The standard InChI is InChI=1S/C18H30N2O/c1-14(2)19-10-9-17-7-5-6-8-18(17)12-20-11-16(4)21-13-15(20)3/h5-8,14-16,19H,9-13H2,1-4H3. The molecule has 118 valence electrons. The Labute approximate surface area is 129 Å². The van der Waals surface area contributed by atoms with Gasteiger partial charge in [-0.05, 0) is 37.9 Å². The van der Waals surface area contributed by atoms with Crippen molar-refractivity contribution in [2.24, 2.45) is 0 Å². The van der Waals surface area contributed by atoms with Gasteiger partial charge in [0.05, 0.1) is 12.7 Å². The van der Waals surface area contributed by atoms with Gasteiger partial charge in [-0.1, -0.05) is 38.1 Å². The Morgan fingerprint density at radius 1 is 1.24 bits per heavy atom. The van der Waals surface area contributed by atoms with E-state index in [9.17, 15) is 0 Å². The van der Waals surface area contributed by atoms with E-state index in [1.165, 1.54) is 11.1 Å². The van der Waals surface area contributed by atoms with E-state index in [0.717, 1.165) is 32.7 Å². The van der Waals surface area contributed by atoms with Gasteiger partial charge in [-0.2, -0.15) is 0 Å². The summed E-state index contributed by atoms with van der Waals surface area (Å²) < 4.78 is 5.73. The number of nitrogens with one attached hydrogen (secondary N) is 1. The first-order chi connectivity index (χ1) is 10.1. The van der Waals surface area contributed by atoms with E-state index >= 15 is 0 Å². The van der Waals surface area contributed by atoms with Crippen LogP contribution in [-0.2, 0) is 17.7 Å². The monoisotopic (exact) mass is 290 g/mol. The Hall–Kier alpha value is -0.900. The van der Waals surface area contributed by atoms with Crippen LogP contribution in [-0.4, -0.2) is 42.8 Å². The molecule has 0 spiro atoms. The first-order valence-corrected chi connectivity index (χ1v) is 8.22. The molecule has 1 N–H and O–H groups in total. The molecule has 1 saturated heterocycles. The molecule has 0 aromatic heterocycles. The average molecular weight is 290 g/mol. The van der Waals surface area contributed by atoms with Gasteiger partial charge in [0.15, 0.2) is 0 Å². The van der Waals surface area contributed by atoms with E-state index in [4.69, 9.17) is 4.74 Å². The molecule has 2 atom stereocenters. The van der Waals surface area contributed by atoms with Crippen molar-refractivity contribution in [3.63, 3.8) is 0 Å². The van der Waals surface area contributed by atoms with E-state index in [2.05, 4.69) is 62.2 Å². The lowest BCUT2D eigenvalue weighted by molar-refractivity contribution is -0.0527. The van der Waals surface area contributed by atoms with Crippen molar-refractivity contribution >= 4 is 0 Å². The van der Waals surface area contributed by atoms with Crippen LogP contribution < -0.4 is 5.32 Å². The lowest BCUT2D eigenvalue weighted by Gasteiger charge is -2.37. The summed E-state index contributed by atoms with van der Waals surface area (Å²) >= 11 is 0. The van der Waals surface area contributed by atoms with Crippen LogP contribution in [0.3, 0.4) is 0 Å². The second-order valence-electron chi connectivity index (χ2n) is 6.55. The number of ether oxygens (including phenoxy) is 1. The van der Waals surface area contributed by atoms with Crippen molar-refractivity contribution in [2.45, 2.75) is 58.8 Å². The molecule has 1 aromatic rings. The lowest BCUT2D eigenvalue weighted by Crippen LogP contribution is -2.46. The summed E-state index contributed by atoms with van der Waals surface area (Å²) in [6.07, 6.45) is 1.44. The molecule has 1 aliphatic heterocycles. The molecule has 0 radical (unpaired) electrons. The highest BCUT2D eigenvalue weighted by atomic mass is 16.5. The van der Waals surface area contributed by atoms with Crippen LogP contribution in [0.4, 0.5) is 0 Å². The number of hydrogen-bond donors (Lipinski definition) is 1. The molecule has 1 heterocycles. The molecule has 21 heavy (non-hydrogen) atoms. The smallest absolute Gasteiger partial charge is 0.0674 e. The van der Waals surface area contributed by atoms with Gasteiger partial charge in [-0.25, -0.2) is 0 Å². The average Bonchev–Trinajstić information content (AvgIpc) is 2.44. The van der Waals surface area contributed by atoms with Crippen LogP contribution in [0.2, 0.25) is 0 Å². The maximum atomic E-state index is 5.73. The third-order valence-electron chi connectivity index (χ3n) is 4.18. The van der Waals surface area contributed by atoms with Crippen molar-refractivity contribution in [1.29, 1.82) is 0 Å². The minimum Gasteiger partial charge on any atom is -0.376 e. The number of benzene rings is 1. The molecule has 3 heteroatoms. The summed E-state index contributed by atoms with van der Waals surface area (Å²) in [6, 6.07) is 9.91. The number of nitrogens with zero attached hydrogens (tertiary/aromatic N) is 1. The molecule has 1 aliphatic rings. The summed E-state index contributed by atoms with van der Waals surface area (Å²) in [6.45, 7) is 12.8. The van der Waals surface area contributed by atoms with Gasteiger partial charge in [-0.3, -0.25) is 4.90 Å². The largest absolute Gasteiger partial charge is 0.376 e. The maximum absolute atomic E-state index is 5.73. The van der Waals surface area contributed by atoms with Gasteiger partial charge in [0.25, 0.3) is 0 Å². The summed E-state index contributed by atoms with van der Waals surface area (Å²) in [7, 11) is 0. The zero-order valence-corrected chi connectivity index (χ0v) is 13.9. The topological polar surface area (TPSA) is 24.5 Å². The quantitative estimate of drug-likeness (QED) is 0.872. The van der Waals surface area contributed by atoms with E-state index in [-0.39, 0.29) is 0 Å². The summed E-state index contributed by atoms with van der Waals surface area (Å²) in [4.78, 5) is 2.54. The maximum Gasteiger partial charge on any atom is 0.0674 e. The molecular formula is C18H30N2O. The van der Waals surface area contributed by atoms with Crippen molar-refractivity contribution < 1.29 is 4.74 Å². The number of hydrogen-bond acceptors (Lipinski definition) is 3. The van der Waals surface area contributed by atoms with Crippen LogP contribution in [0.25, 0.3) is 0 Å². The zero-order valence-electron chi connectivity index (χ0n) is 13.9. The number of rotatable bonds is 6. The SMILES string of the molecule is CC(C)NCCc1ccccc1CN1CC(C)OCC1C. The van der Waals surface area contributed by atoms with Crippen molar-refractivity contribution in [3.05, 3.63) is 35.4 Å². The van der Waals surface area contributed by atoms with E-state index in [1.807, 2.05) is 0 Å². The predicted octanol–water partition coefficient (Wildman–Crippen LogP) is 2.84. The highest BCUT2D eigenvalue weighted by molar-refractivity contribution is 5.27. The minimum atomic E-state index is 0.343. The van der Waals surface area contributed by atoms with Gasteiger partial charge < -0.3 is 10.1 Å². The van der Waals surface area contributed by atoms with Gasteiger partial charge in [-0.15, -0.1) is 0 Å². The van der Waals surface area contributed by atoms with Crippen LogP contribution in [0.1, 0.15) is 38.8 Å². The third kappa shape index (κ3) is 5.10. The molecule has 1 fully saturated rings. The van der Waals surface area contributed by atoms with E-state index in [1.54, 1.807) is 0 Å². The Morgan fingerprint density at radius 2 is 1.95 bits per heavy atom. The van der Waals surface area contributed by atoms with E-state index < -0.39 is 0 Å². The first kappa shape index (κ1) is 16.5.